The molecule has 8 heteroatoms. The first-order valence-corrected chi connectivity index (χ1v) is 5.33. The van der Waals surface area contributed by atoms with E-state index < -0.39 is 17.5 Å². The number of ether oxygens (including phenoxy) is 1. The van der Waals surface area contributed by atoms with Crippen molar-refractivity contribution in [1.82, 2.24) is 14.2 Å². The fourth-order valence-corrected chi connectivity index (χ4v) is 1.74. The Morgan fingerprint density at radius 2 is 2.35 bits per heavy atom. The molecule has 0 N–H and O–H groups in total. The van der Waals surface area contributed by atoms with Crippen LogP contribution < -0.4 is 5.69 Å². The Bertz CT molecular complexity index is 649. The molecule has 0 saturated carbocycles. The largest absolute Gasteiger partial charge is 0.468 e. The topological polar surface area (TPSA) is 65.6 Å². The normalized spacial score (nSPS) is 10.8. The molecule has 0 aliphatic rings. The van der Waals surface area contributed by atoms with Crippen LogP contribution in [0.1, 0.15) is 0 Å². The van der Waals surface area contributed by atoms with Crippen LogP contribution in [0.2, 0.25) is 0 Å². The number of esters is 1. The SMILES string of the molecule is COC(=O)Cn1nc2c(F)cc(Br)cn2c1=O. The second-order valence-corrected chi connectivity index (χ2v) is 4.13. The van der Waals surface area contributed by atoms with Gasteiger partial charge in [-0.2, -0.15) is 0 Å². The summed E-state index contributed by atoms with van der Waals surface area (Å²) in [6, 6.07) is 1.18. The maximum absolute atomic E-state index is 13.5. The highest BCUT2D eigenvalue weighted by Gasteiger charge is 2.14. The Kier molecular flexibility index (Phi) is 2.97. The standard InChI is InChI=1S/C9H7BrFN3O3/c1-17-7(15)4-14-9(16)13-3-5(10)2-6(11)8(13)12-14/h2-3H,4H2,1H3. The molecule has 2 rings (SSSR count). The molecule has 0 unspecified atom stereocenters. The molecule has 0 aromatic carbocycles. The summed E-state index contributed by atoms with van der Waals surface area (Å²) >= 11 is 3.06. The van der Waals surface area contributed by atoms with Gasteiger partial charge in [0.05, 0.1) is 7.11 Å². The summed E-state index contributed by atoms with van der Waals surface area (Å²) in [5.74, 6) is -1.28. The molecular formula is C9H7BrFN3O3. The van der Waals surface area contributed by atoms with Crippen molar-refractivity contribution in [2.45, 2.75) is 6.54 Å². The van der Waals surface area contributed by atoms with Crippen LogP contribution in [0.5, 0.6) is 0 Å². The van der Waals surface area contributed by atoms with Crippen LogP contribution in [0.25, 0.3) is 5.65 Å². The van der Waals surface area contributed by atoms with Gasteiger partial charge in [0.2, 0.25) is 0 Å². The average Bonchev–Trinajstić information content (AvgIpc) is 2.57. The molecule has 2 aromatic rings. The highest BCUT2D eigenvalue weighted by Crippen LogP contribution is 2.13. The van der Waals surface area contributed by atoms with Gasteiger partial charge in [0.15, 0.2) is 11.5 Å². The third-order valence-electron chi connectivity index (χ3n) is 2.11. The lowest BCUT2D eigenvalue weighted by molar-refractivity contribution is -0.141. The number of pyridine rings is 1. The van der Waals surface area contributed by atoms with Crippen LogP contribution in [0.3, 0.4) is 0 Å². The number of aromatic nitrogens is 3. The number of halogens is 2. The monoisotopic (exact) mass is 303 g/mol. The number of carbonyl (C=O) groups is 1. The van der Waals surface area contributed by atoms with Gasteiger partial charge in [-0.15, -0.1) is 5.10 Å². The van der Waals surface area contributed by atoms with Gasteiger partial charge in [-0.25, -0.2) is 18.3 Å². The predicted molar refractivity (Wildman–Crippen MR) is 59.1 cm³/mol. The van der Waals surface area contributed by atoms with Crippen LogP contribution in [-0.2, 0) is 16.1 Å². The molecule has 6 nitrogen and oxygen atoms in total. The molecule has 0 spiro atoms. The van der Waals surface area contributed by atoms with Gasteiger partial charge in [-0.3, -0.25) is 4.79 Å². The highest BCUT2D eigenvalue weighted by molar-refractivity contribution is 9.10. The lowest BCUT2D eigenvalue weighted by Gasteiger charge is -1.95. The van der Waals surface area contributed by atoms with Gasteiger partial charge >= 0.3 is 11.7 Å². The molecule has 2 heterocycles. The van der Waals surface area contributed by atoms with E-state index in [-0.39, 0.29) is 12.2 Å². The van der Waals surface area contributed by atoms with Crippen LogP contribution in [0, 0.1) is 5.82 Å². The predicted octanol–water partition coefficient (Wildman–Crippen LogP) is 0.571. The Balaban J connectivity index is 2.61. The molecule has 0 amide bonds. The first-order chi connectivity index (χ1) is 8.02. The Labute approximate surface area is 103 Å². The summed E-state index contributed by atoms with van der Waals surface area (Å²) < 4.78 is 20.2. The molecule has 17 heavy (non-hydrogen) atoms. The van der Waals surface area contributed by atoms with Crippen molar-refractivity contribution in [2.75, 3.05) is 7.11 Å². The third kappa shape index (κ3) is 2.07. The Morgan fingerprint density at radius 1 is 1.65 bits per heavy atom. The summed E-state index contributed by atoms with van der Waals surface area (Å²) in [6.45, 7) is -0.353. The van der Waals surface area contributed by atoms with Crippen LogP contribution in [-0.4, -0.2) is 27.3 Å². The van der Waals surface area contributed by atoms with Gasteiger partial charge in [-0.1, -0.05) is 0 Å². The van der Waals surface area contributed by atoms with Crippen molar-refractivity contribution in [3.63, 3.8) is 0 Å². The van der Waals surface area contributed by atoms with E-state index in [1.54, 1.807) is 0 Å². The first-order valence-electron chi connectivity index (χ1n) is 4.54. The molecule has 90 valence electrons. The molecule has 0 aliphatic heterocycles. The summed E-state index contributed by atoms with van der Waals surface area (Å²) in [5.41, 5.74) is -0.743. The fourth-order valence-electron chi connectivity index (χ4n) is 1.34. The van der Waals surface area contributed by atoms with Gasteiger partial charge in [0.1, 0.15) is 6.54 Å². The van der Waals surface area contributed by atoms with Gasteiger partial charge in [0, 0.05) is 10.7 Å². The zero-order valence-electron chi connectivity index (χ0n) is 8.68. The molecular weight excluding hydrogens is 297 g/mol. The minimum Gasteiger partial charge on any atom is -0.468 e. The number of hydrogen-bond donors (Lipinski definition) is 0. The zero-order valence-corrected chi connectivity index (χ0v) is 10.3. The van der Waals surface area contributed by atoms with E-state index in [1.807, 2.05) is 0 Å². The van der Waals surface area contributed by atoms with Crippen LogP contribution >= 0.6 is 15.9 Å². The van der Waals surface area contributed by atoms with Crippen LogP contribution in [0.4, 0.5) is 4.39 Å². The van der Waals surface area contributed by atoms with Crippen molar-refractivity contribution in [3.05, 3.63) is 33.0 Å². The van der Waals surface area contributed by atoms with E-state index in [1.165, 1.54) is 19.4 Å². The maximum Gasteiger partial charge on any atom is 0.351 e. The Morgan fingerprint density at radius 3 is 3.00 bits per heavy atom. The molecule has 0 atom stereocenters. The number of rotatable bonds is 2. The first kappa shape index (κ1) is 11.8. The van der Waals surface area contributed by atoms with Crippen molar-refractivity contribution >= 4 is 27.5 Å². The minimum atomic E-state index is -0.653. The van der Waals surface area contributed by atoms with E-state index in [2.05, 4.69) is 25.8 Å². The summed E-state index contributed by atoms with van der Waals surface area (Å²) in [7, 11) is 1.19. The third-order valence-corrected chi connectivity index (χ3v) is 2.54. The van der Waals surface area contributed by atoms with E-state index in [4.69, 9.17) is 0 Å². The average molecular weight is 304 g/mol. The van der Waals surface area contributed by atoms with E-state index >= 15 is 0 Å². The second kappa shape index (κ2) is 4.28. The quantitative estimate of drug-likeness (QED) is 0.761. The molecule has 0 radical (unpaired) electrons. The number of methoxy groups -OCH3 is 1. The van der Waals surface area contributed by atoms with E-state index in [0.717, 1.165) is 9.08 Å². The smallest absolute Gasteiger partial charge is 0.351 e. The number of fused-ring (bicyclic) bond motifs is 1. The summed E-state index contributed by atoms with van der Waals surface area (Å²) in [4.78, 5) is 22.8. The minimum absolute atomic E-state index is 0.137. The number of hydrogen-bond acceptors (Lipinski definition) is 4. The fraction of sp³-hybridized carbons (Fsp3) is 0.222. The summed E-state index contributed by atoms with van der Waals surface area (Å²) in [6.07, 6.45) is 1.38. The van der Waals surface area contributed by atoms with Crippen molar-refractivity contribution in [3.8, 4) is 0 Å². The molecule has 0 aliphatic carbocycles. The van der Waals surface area contributed by atoms with E-state index in [9.17, 15) is 14.0 Å². The van der Waals surface area contributed by atoms with Crippen molar-refractivity contribution < 1.29 is 13.9 Å². The second-order valence-electron chi connectivity index (χ2n) is 3.22. The zero-order chi connectivity index (χ0) is 12.6. The van der Waals surface area contributed by atoms with Gasteiger partial charge < -0.3 is 4.74 Å². The summed E-state index contributed by atoms with van der Waals surface area (Å²) in [5, 5.41) is 3.71. The van der Waals surface area contributed by atoms with Gasteiger partial charge in [0.25, 0.3) is 0 Å². The molecule has 0 fully saturated rings. The highest BCUT2D eigenvalue weighted by atomic mass is 79.9. The molecule has 0 bridgehead atoms. The lowest BCUT2D eigenvalue weighted by Crippen LogP contribution is -2.25. The Hall–Kier alpha value is -1.70. The molecule has 0 saturated heterocycles. The molecule has 2 aromatic heterocycles. The van der Waals surface area contributed by atoms with Gasteiger partial charge in [-0.05, 0) is 22.0 Å². The number of carbonyl (C=O) groups excluding carboxylic acids is 1. The van der Waals surface area contributed by atoms with Crippen molar-refractivity contribution in [1.29, 1.82) is 0 Å². The maximum atomic E-state index is 13.5. The van der Waals surface area contributed by atoms with E-state index in [0.29, 0.717) is 4.47 Å². The van der Waals surface area contributed by atoms with Crippen LogP contribution in [0.15, 0.2) is 21.5 Å². The van der Waals surface area contributed by atoms with Crippen molar-refractivity contribution in [2.24, 2.45) is 0 Å². The number of nitrogens with zero attached hydrogens (tertiary/aromatic N) is 3. The lowest BCUT2D eigenvalue weighted by atomic mass is 10.4.